The Morgan fingerprint density at radius 2 is 1.77 bits per heavy atom. The SMILES string of the molecule is CCOc1cc([C@@H](C(=O)N2CCC(C(=O)OC(=O)C(F)(F)F)C2c2ccccc2S(=O)(=O)CC)N(N)c2ccc3cnccc3c2)c(F)cc1OC. The molecular formula is C35H34F4N4O8S. The van der Waals surface area contributed by atoms with E-state index in [0.29, 0.717) is 5.39 Å². The predicted octanol–water partition coefficient (Wildman–Crippen LogP) is 5.22. The largest absolute Gasteiger partial charge is 0.493 e. The van der Waals surface area contributed by atoms with Gasteiger partial charge in [-0.3, -0.25) is 19.6 Å². The van der Waals surface area contributed by atoms with Gasteiger partial charge in [0.1, 0.15) is 5.82 Å². The number of likely N-dealkylation sites (tertiary alicyclic amines) is 1. The Labute approximate surface area is 295 Å². The molecular weight excluding hydrogens is 712 g/mol. The number of amides is 1. The fourth-order valence-electron chi connectivity index (χ4n) is 6.19. The first-order valence-corrected chi connectivity index (χ1v) is 17.6. The van der Waals surface area contributed by atoms with Gasteiger partial charge in [-0.2, -0.15) is 13.2 Å². The first-order chi connectivity index (χ1) is 24.6. The Morgan fingerprint density at radius 3 is 2.44 bits per heavy atom. The number of hydrogen-bond acceptors (Lipinski definition) is 11. The first kappa shape index (κ1) is 38.0. The number of rotatable bonds is 11. The molecule has 1 aliphatic heterocycles. The number of aromatic nitrogens is 1. The summed E-state index contributed by atoms with van der Waals surface area (Å²) in [5.74, 6) is -1.63. The van der Waals surface area contributed by atoms with Crippen LogP contribution in [0, 0.1) is 11.7 Å². The number of nitrogens with two attached hydrogens (primary N) is 1. The number of methoxy groups -OCH3 is 1. The van der Waals surface area contributed by atoms with Gasteiger partial charge in [0.2, 0.25) is 0 Å². The van der Waals surface area contributed by atoms with E-state index in [1.54, 1.807) is 37.4 Å². The molecule has 1 fully saturated rings. The van der Waals surface area contributed by atoms with Crippen LogP contribution in [-0.4, -0.2) is 68.3 Å². The van der Waals surface area contributed by atoms with E-state index in [1.807, 2.05) is 0 Å². The smallest absolute Gasteiger partial charge is 0.491 e. The molecule has 5 rings (SSSR count). The zero-order valence-electron chi connectivity index (χ0n) is 28.1. The highest BCUT2D eigenvalue weighted by Crippen LogP contribution is 2.44. The van der Waals surface area contributed by atoms with Crippen molar-refractivity contribution < 1.29 is 54.6 Å². The molecule has 0 aliphatic carbocycles. The zero-order valence-corrected chi connectivity index (χ0v) is 28.9. The van der Waals surface area contributed by atoms with Crippen LogP contribution in [0.5, 0.6) is 11.5 Å². The van der Waals surface area contributed by atoms with Gasteiger partial charge in [-0.05, 0) is 54.6 Å². The molecule has 0 saturated carbocycles. The van der Waals surface area contributed by atoms with Crippen LogP contribution >= 0.6 is 0 Å². The second-order valence-corrected chi connectivity index (χ2v) is 13.9. The molecule has 276 valence electrons. The predicted molar refractivity (Wildman–Crippen MR) is 179 cm³/mol. The maximum absolute atomic E-state index is 16.1. The highest BCUT2D eigenvalue weighted by Gasteiger charge is 2.50. The van der Waals surface area contributed by atoms with Crippen LogP contribution in [-0.2, 0) is 29.0 Å². The highest BCUT2D eigenvalue weighted by atomic mass is 32.2. The Hall–Kier alpha value is -5.29. The summed E-state index contributed by atoms with van der Waals surface area (Å²) in [6.07, 6.45) is -2.74. The van der Waals surface area contributed by atoms with E-state index in [0.717, 1.165) is 21.4 Å². The fourth-order valence-corrected chi connectivity index (χ4v) is 7.33. The van der Waals surface area contributed by atoms with E-state index in [1.165, 1.54) is 50.6 Å². The Bertz CT molecular complexity index is 2110. The van der Waals surface area contributed by atoms with Crippen molar-refractivity contribution in [3.63, 3.8) is 0 Å². The summed E-state index contributed by atoms with van der Waals surface area (Å²) in [5, 5.41) is 2.36. The molecule has 1 aromatic heterocycles. The average molecular weight is 747 g/mol. The number of sulfone groups is 1. The number of nitrogens with zero attached hydrogens (tertiary/aromatic N) is 3. The van der Waals surface area contributed by atoms with E-state index in [9.17, 15) is 36.0 Å². The minimum Gasteiger partial charge on any atom is -0.493 e. The number of alkyl halides is 3. The lowest BCUT2D eigenvalue weighted by Gasteiger charge is -2.36. The Kier molecular flexibility index (Phi) is 11.0. The number of hydrazine groups is 1. The molecule has 1 aliphatic rings. The molecule has 52 heavy (non-hydrogen) atoms. The normalized spacial score (nSPS) is 16.7. The molecule has 1 saturated heterocycles. The van der Waals surface area contributed by atoms with Gasteiger partial charge < -0.3 is 19.1 Å². The molecule has 3 aromatic carbocycles. The Balaban J connectivity index is 1.70. The van der Waals surface area contributed by atoms with Crippen LogP contribution in [0.15, 0.2) is 78.0 Å². The van der Waals surface area contributed by atoms with Crippen molar-refractivity contribution >= 4 is 44.1 Å². The lowest BCUT2D eigenvalue weighted by atomic mass is 9.92. The summed E-state index contributed by atoms with van der Waals surface area (Å²) in [6, 6.07) is 10.8. The van der Waals surface area contributed by atoms with Gasteiger partial charge in [-0.15, -0.1) is 0 Å². The van der Waals surface area contributed by atoms with Crippen molar-refractivity contribution in [3.05, 3.63) is 90.0 Å². The van der Waals surface area contributed by atoms with Gasteiger partial charge >= 0.3 is 18.1 Å². The minimum absolute atomic E-state index is 0.00552. The second kappa shape index (κ2) is 15.1. The lowest BCUT2D eigenvalue weighted by molar-refractivity contribution is -0.203. The van der Waals surface area contributed by atoms with E-state index in [4.69, 9.17) is 15.3 Å². The van der Waals surface area contributed by atoms with Gasteiger partial charge in [-0.1, -0.05) is 31.2 Å². The van der Waals surface area contributed by atoms with Gasteiger partial charge in [0.05, 0.1) is 42.0 Å². The summed E-state index contributed by atoms with van der Waals surface area (Å²) < 4.78 is 97.3. The Morgan fingerprint density at radius 1 is 1.04 bits per heavy atom. The highest BCUT2D eigenvalue weighted by molar-refractivity contribution is 7.91. The van der Waals surface area contributed by atoms with Crippen molar-refractivity contribution in [1.82, 2.24) is 9.88 Å². The molecule has 2 unspecified atom stereocenters. The van der Waals surface area contributed by atoms with Crippen molar-refractivity contribution in [2.45, 2.75) is 43.4 Å². The van der Waals surface area contributed by atoms with E-state index in [-0.39, 0.29) is 52.8 Å². The molecule has 2 N–H and O–H groups in total. The fraction of sp³-hybridized carbons (Fsp3) is 0.314. The standard InChI is InChI=1S/C35H34F4N4O8S/c1-4-50-28-17-25(26(36)18-27(28)49-3)31(43(40)22-11-10-21-19-41-14-12-20(21)16-22)32(44)42-15-13-24(33(45)51-34(46)35(37,38)39)30(42)23-8-6-7-9-29(23)52(47,48)5-2/h6-12,14,16-19,24,30-31H,4-5,13,15,40H2,1-3H3/t24?,30?,31-/m0/s1. The number of esters is 2. The van der Waals surface area contributed by atoms with Crippen molar-refractivity contribution in [1.29, 1.82) is 0 Å². The molecule has 0 bridgehead atoms. The van der Waals surface area contributed by atoms with Crippen LogP contribution in [0.25, 0.3) is 10.8 Å². The number of hydrogen-bond donors (Lipinski definition) is 1. The first-order valence-electron chi connectivity index (χ1n) is 16.0. The second-order valence-electron chi connectivity index (χ2n) is 11.7. The van der Waals surface area contributed by atoms with Gasteiger partial charge in [-0.25, -0.2) is 23.4 Å². The maximum Gasteiger partial charge on any atom is 0.491 e. The van der Waals surface area contributed by atoms with E-state index < -0.39 is 63.4 Å². The average Bonchev–Trinajstić information content (AvgIpc) is 3.57. The van der Waals surface area contributed by atoms with Crippen molar-refractivity contribution in [2.75, 3.05) is 31.0 Å². The number of ether oxygens (including phenoxy) is 3. The number of carbonyl (C=O) groups excluding carboxylic acids is 3. The van der Waals surface area contributed by atoms with Crippen LogP contribution in [0.1, 0.15) is 43.5 Å². The quantitative estimate of drug-likeness (QED) is 0.0706. The number of anilines is 1. The van der Waals surface area contributed by atoms with Crippen LogP contribution in [0.4, 0.5) is 23.2 Å². The van der Waals surface area contributed by atoms with Gasteiger partial charge in [0.25, 0.3) is 5.91 Å². The monoisotopic (exact) mass is 746 g/mol. The topological polar surface area (TPSA) is 158 Å². The number of fused-ring (bicyclic) bond motifs is 1. The third kappa shape index (κ3) is 7.50. The minimum atomic E-state index is -5.52. The van der Waals surface area contributed by atoms with Gasteiger partial charge in [0, 0.05) is 36.0 Å². The van der Waals surface area contributed by atoms with Crippen LogP contribution < -0.4 is 20.3 Å². The third-order valence-corrected chi connectivity index (χ3v) is 10.5. The van der Waals surface area contributed by atoms with Crippen LogP contribution in [0.2, 0.25) is 0 Å². The molecule has 12 nitrogen and oxygen atoms in total. The van der Waals surface area contributed by atoms with Gasteiger partial charge in [0.15, 0.2) is 27.4 Å². The molecule has 17 heteroatoms. The molecule has 2 heterocycles. The molecule has 1 amide bonds. The molecule has 0 spiro atoms. The molecule has 0 radical (unpaired) electrons. The number of carbonyl (C=O) groups is 3. The summed E-state index contributed by atoms with van der Waals surface area (Å²) in [4.78, 5) is 44.8. The number of pyridine rings is 1. The molecule has 3 atom stereocenters. The van der Waals surface area contributed by atoms with E-state index >= 15 is 4.39 Å². The van der Waals surface area contributed by atoms with E-state index in [2.05, 4.69) is 9.72 Å². The maximum atomic E-state index is 16.1. The third-order valence-electron chi connectivity index (χ3n) is 8.67. The summed E-state index contributed by atoms with van der Waals surface area (Å²) in [6.45, 7) is 2.81. The number of benzene rings is 3. The lowest BCUT2D eigenvalue weighted by Crippen LogP contribution is -2.47. The van der Waals surface area contributed by atoms with Crippen LogP contribution in [0.3, 0.4) is 0 Å². The summed E-state index contributed by atoms with van der Waals surface area (Å²) >= 11 is 0. The zero-order chi connectivity index (χ0) is 38.0. The summed E-state index contributed by atoms with van der Waals surface area (Å²) in [5.41, 5.74) is -0.206. The molecule has 4 aromatic rings. The van der Waals surface area contributed by atoms with Crippen molar-refractivity contribution in [2.24, 2.45) is 11.8 Å². The number of halogens is 4. The van der Waals surface area contributed by atoms with Crippen molar-refractivity contribution in [3.8, 4) is 11.5 Å². The summed E-state index contributed by atoms with van der Waals surface area (Å²) in [7, 11) is -2.77.